The minimum atomic E-state index is -3.84. The SMILES string of the molecule is O=C(Nc1ccc(F)c(F)c1)c1ccc(Cl)c(S(=O)(=O)NC2CC2)c1. The van der Waals surface area contributed by atoms with E-state index in [1.807, 2.05) is 0 Å². The van der Waals surface area contributed by atoms with Crippen LogP contribution in [0, 0.1) is 11.6 Å². The lowest BCUT2D eigenvalue weighted by molar-refractivity contribution is 0.102. The van der Waals surface area contributed by atoms with Crippen molar-refractivity contribution < 1.29 is 22.0 Å². The van der Waals surface area contributed by atoms with Gasteiger partial charge >= 0.3 is 0 Å². The van der Waals surface area contributed by atoms with Gasteiger partial charge in [0.15, 0.2) is 11.6 Å². The smallest absolute Gasteiger partial charge is 0.255 e. The predicted octanol–water partition coefficient (Wildman–Crippen LogP) is 3.31. The molecule has 1 fully saturated rings. The van der Waals surface area contributed by atoms with Crippen molar-refractivity contribution in [1.82, 2.24) is 4.72 Å². The minimum absolute atomic E-state index is 0.0162. The van der Waals surface area contributed by atoms with Gasteiger partial charge in [-0.25, -0.2) is 21.9 Å². The summed E-state index contributed by atoms with van der Waals surface area (Å²) in [7, 11) is -3.84. The Morgan fingerprint density at radius 3 is 2.44 bits per heavy atom. The second-order valence-corrected chi connectivity index (χ2v) is 7.71. The molecule has 0 spiro atoms. The molecular formula is C16H13ClF2N2O3S. The molecule has 5 nitrogen and oxygen atoms in total. The summed E-state index contributed by atoms with van der Waals surface area (Å²) in [6.45, 7) is 0. The monoisotopic (exact) mass is 386 g/mol. The van der Waals surface area contributed by atoms with Crippen molar-refractivity contribution in [2.45, 2.75) is 23.8 Å². The highest BCUT2D eigenvalue weighted by atomic mass is 35.5. The van der Waals surface area contributed by atoms with E-state index in [-0.39, 0.29) is 27.2 Å². The van der Waals surface area contributed by atoms with Crippen LogP contribution in [0.15, 0.2) is 41.3 Å². The van der Waals surface area contributed by atoms with Crippen LogP contribution in [0.3, 0.4) is 0 Å². The minimum Gasteiger partial charge on any atom is -0.322 e. The number of anilines is 1. The Morgan fingerprint density at radius 2 is 1.80 bits per heavy atom. The fourth-order valence-electron chi connectivity index (χ4n) is 2.11. The Kier molecular flexibility index (Phi) is 4.77. The van der Waals surface area contributed by atoms with E-state index >= 15 is 0 Å². The highest BCUT2D eigenvalue weighted by Gasteiger charge is 2.29. The van der Waals surface area contributed by atoms with Crippen molar-refractivity contribution in [3.8, 4) is 0 Å². The molecule has 1 aliphatic carbocycles. The first-order valence-corrected chi connectivity index (χ1v) is 9.21. The lowest BCUT2D eigenvalue weighted by atomic mass is 10.2. The summed E-state index contributed by atoms with van der Waals surface area (Å²) in [5.74, 6) is -2.82. The normalized spacial score (nSPS) is 14.4. The molecule has 9 heteroatoms. The maximum Gasteiger partial charge on any atom is 0.255 e. The van der Waals surface area contributed by atoms with E-state index in [0.717, 1.165) is 31.0 Å². The molecule has 1 saturated carbocycles. The molecule has 2 aromatic rings. The summed E-state index contributed by atoms with van der Waals surface area (Å²) in [6.07, 6.45) is 1.51. The third-order valence-electron chi connectivity index (χ3n) is 3.56. The molecule has 0 unspecified atom stereocenters. The molecule has 1 aliphatic rings. The number of hydrogen-bond acceptors (Lipinski definition) is 3. The average molecular weight is 387 g/mol. The van der Waals surface area contributed by atoms with Crippen molar-refractivity contribution in [2.24, 2.45) is 0 Å². The second-order valence-electron chi connectivity index (χ2n) is 5.62. The molecule has 0 bridgehead atoms. The number of sulfonamides is 1. The summed E-state index contributed by atoms with van der Waals surface area (Å²) >= 11 is 5.95. The molecular weight excluding hydrogens is 374 g/mol. The van der Waals surface area contributed by atoms with E-state index in [1.165, 1.54) is 18.2 Å². The Balaban J connectivity index is 1.85. The van der Waals surface area contributed by atoms with Crippen LogP contribution >= 0.6 is 11.6 Å². The van der Waals surface area contributed by atoms with Gasteiger partial charge in [0.1, 0.15) is 4.90 Å². The molecule has 0 radical (unpaired) electrons. The van der Waals surface area contributed by atoms with Crippen molar-refractivity contribution in [2.75, 3.05) is 5.32 Å². The number of amides is 1. The third-order valence-corrected chi connectivity index (χ3v) is 5.56. The first kappa shape index (κ1) is 17.8. The molecule has 3 rings (SSSR count). The van der Waals surface area contributed by atoms with E-state index in [2.05, 4.69) is 10.0 Å². The molecule has 0 aromatic heterocycles. The van der Waals surface area contributed by atoms with Gasteiger partial charge in [-0.2, -0.15) is 0 Å². The molecule has 0 aliphatic heterocycles. The van der Waals surface area contributed by atoms with Crippen LogP contribution in [0.2, 0.25) is 5.02 Å². The maximum absolute atomic E-state index is 13.2. The van der Waals surface area contributed by atoms with Crippen molar-refractivity contribution in [3.05, 3.63) is 58.6 Å². The van der Waals surface area contributed by atoms with E-state index in [0.29, 0.717) is 0 Å². The summed E-state index contributed by atoms with van der Waals surface area (Å²) < 4.78 is 53.2. The van der Waals surface area contributed by atoms with Crippen LogP contribution < -0.4 is 10.0 Å². The van der Waals surface area contributed by atoms with Crippen LogP contribution in [-0.2, 0) is 10.0 Å². The van der Waals surface area contributed by atoms with Crippen molar-refractivity contribution in [3.63, 3.8) is 0 Å². The van der Waals surface area contributed by atoms with Gasteiger partial charge in [0.2, 0.25) is 10.0 Å². The topological polar surface area (TPSA) is 75.3 Å². The van der Waals surface area contributed by atoms with Crippen molar-refractivity contribution >= 4 is 33.2 Å². The fourth-order valence-corrected chi connectivity index (χ4v) is 3.94. The third kappa shape index (κ3) is 4.15. The zero-order valence-corrected chi connectivity index (χ0v) is 14.3. The Hall–Kier alpha value is -2.03. The van der Waals surface area contributed by atoms with Gasteiger partial charge in [0.05, 0.1) is 5.02 Å². The number of nitrogens with one attached hydrogen (secondary N) is 2. The summed E-state index contributed by atoms with van der Waals surface area (Å²) in [5, 5.41) is 2.36. The summed E-state index contributed by atoms with van der Waals surface area (Å²) in [4.78, 5) is 12.0. The Bertz CT molecular complexity index is 946. The molecule has 0 heterocycles. The van der Waals surface area contributed by atoms with Gasteiger partial charge in [-0.05, 0) is 43.2 Å². The van der Waals surface area contributed by atoms with Crippen LogP contribution in [0.1, 0.15) is 23.2 Å². The molecule has 0 atom stereocenters. The average Bonchev–Trinajstić information content (AvgIpc) is 3.34. The van der Waals surface area contributed by atoms with Gasteiger partial charge in [-0.15, -0.1) is 0 Å². The van der Waals surface area contributed by atoms with Gasteiger partial charge in [-0.1, -0.05) is 11.6 Å². The quantitative estimate of drug-likeness (QED) is 0.827. The predicted molar refractivity (Wildman–Crippen MR) is 89.1 cm³/mol. The number of rotatable bonds is 5. The largest absolute Gasteiger partial charge is 0.322 e. The standard InChI is InChI=1S/C16H13ClF2N2O3S/c17-12-5-1-9(7-15(12)25(23,24)21-10-2-3-10)16(22)20-11-4-6-13(18)14(19)8-11/h1,4-8,10,21H,2-3H2,(H,20,22). The van der Waals surface area contributed by atoms with E-state index in [1.54, 1.807) is 0 Å². The number of hydrogen-bond donors (Lipinski definition) is 2. The van der Waals surface area contributed by atoms with Crippen LogP contribution in [0.5, 0.6) is 0 Å². The molecule has 25 heavy (non-hydrogen) atoms. The van der Waals surface area contributed by atoms with E-state index < -0.39 is 27.6 Å². The number of carbonyl (C=O) groups excluding carboxylic acids is 1. The maximum atomic E-state index is 13.2. The van der Waals surface area contributed by atoms with Crippen LogP contribution in [-0.4, -0.2) is 20.4 Å². The molecule has 0 saturated heterocycles. The summed E-state index contributed by atoms with van der Waals surface area (Å²) in [6, 6.07) is 6.57. The van der Waals surface area contributed by atoms with E-state index in [4.69, 9.17) is 11.6 Å². The number of benzene rings is 2. The zero-order valence-electron chi connectivity index (χ0n) is 12.7. The van der Waals surface area contributed by atoms with E-state index in [9.17, 15) is 22.0 Å². The number of halogens is 3. The lowest BCUT2D eigenvalue weighted by Gasteiger charge is -2.10. The van der Waals surface area contributed by atoms with Crippen molar-refractivity contribution in [1.29, 1.82) is 0 Å². The Labute approximate surface area is 148 Å². The molecule has 2 N–H and O–H groups in total. The highest BCUT2D eigenvalue weighted by molar-refractivity contribution is 7.89. The van der Waals surface area contributed by atoms with Gasteiger partial charge in [0, 0.05) is 23.4 Å². The zero-order chi connectivity index (χ0) is 18.2. The Morgan fingerprint density at radius 1 is 1.08 bits per heavy atom. The van der Waals surface area contributed by atoms with Crippen LogP contribution in [0.25, 0.3) is 0 Å². The highest BCUT2D eigenvalue weighted by Crippen LogP contribution is 2.27. The first-order chi connectivity index (χ1) is 11.8. The van der Waals surface area contributed by atoms with Gasteiger partial charge in [0.25, 0.3) is 5.91 Å². The van der Waals surface area contributed by atoms with Gasteiger partial charge < -0.3 is 5.32 Å². The first-order valence-electron chi connectivity index (χ1n) is 7.34. The fraction of sp³-hybridized carbons (Fsp3) is 0.188. The summed E-state index contributed by atoms with van der Waals surface area (Å²) in [5.41, 5.74) is 0.0599. The molecule has 1 amide bonds. The van der Waals surface area contributed by atoms with Crippen LogP contribution in [0.4, 0.5) is 14.5 Å². The number of carbonyl (C=O) groups is 1. The second kappa shape index (κ2) is 6.70. The molecule has 2 aromatic carbocycles. The molecule has 132 valence electrons. The lowest BCUT2D eigenvalue weighted by Crippen LogP contribution is -2.26. The van der Waals surface area contributed by atoms with Gasteiger partial charge in [-0.3, -0.25) is 4.79 Å².